The summed E-state index contributed by atoms with van der Waals surface area (Å²) in [5, 5.41) is 2.42. The molecule has 7 heteroatoms. The molecule has 1 N–H and O–H groups in total. The Morgan fingerprint density at radius 1 is 1.04 bits per heavy atom. The average molecular weight is 363 g/mol. The summed E-state index contributed by atoms with van der Waals surface area (Å²) in [4.78, 5) is 24.4. The van der Waals surface area contributed by atoms with Gasteiger partial charge in [0.2, 0.25) is 0 Å². The third kappa shape index (κ3) is 5.27. The topological polar surface area (TPSA) is 64.6 Å². The fraction of sp³-hybridized carbons (Fsp3) is 0.263. The molecule has 1 unspecified atom stereocenters. The molecule has 1 atom stereocenters. The van der Waals surface area contributed by atoms with Gasteiger partial charge in [-0.2, -0.15) is 8.78 Å². The number of rotatable bonds is 6. The lowest BCUT2D eigenvalue weighted by Gasteiger charge is -2.16. The molecule has 26 heavy (non-hydrogen) atoms. The Balaban J connectivity index is 2.05. The van der Waals surface area contributed by atoms with Gasteiger partial charge in [0.25, 0.3) is 5.91 Å². The Morgan fingerprint density at radius 2 is 1.65 bits per heavy atom. The fourth-order valence-corrected chi connectivity index (χ4v) is 2.38. The highest BCUT2D eigenvalue weighted by Crippen LogP contribution is 2.25. The highest BCUT2D eigenvalue weighted by atomic mass is 19.3. The van der Waals surface area contributed by atoms with Crippen LogP contribution in [0.4, 0.5) is 14.5 Å². The van der Waals surface area contributed by atoms with Crippen molar-refractivity contribution in [3.8, 4) is 5.75 Å². The van der Waals surface area contributed by atoms with E-state index < -0.39 is 24.6 Å². The van der Waals surface area contributed by atoms with Crippen molar-refractivity contribution in [3.63, 3.8) is 0 Å². The van der Waals surface area contributed by atoms with E-state index >= 15 is 0 Å². The number of para-hydroxylation sites is 2. The van der Waals surface area contributed by atoms with E-state index in [0.717, 1.165) is 11.1 Å². The predicted molar refractivity (Wildman–Crippen MR) is 92.5 cm³/mol. The molecule has 5 nitrogen and oxygen atoms in total. The van der Waals surface area contributed by atoms with Gasteiger partial charge in [0.1, 0.15) is 5.75 Å². The van der Waals surface area contributed by atoms with E-state index in [1.165, 1.54) is 25.1 Å². The van der Waals surface area contributed by atoms with Crippen LogP contribution in [-0.4, -0.2) is 24.6 Å². The van der Waals surface area contributed by atoms with Gasteiger partial charge in [-0.3, -0.25) is 4.79 Å². The van der Waals surface area contributed by atoms with Crippen LogP contribution in [0.3, 0.4) is 0 Å². The minimum Gasteiger partial charge on any atom is -0.449 e. The fourth-order valence-electron chi connectivity index (χ4n) is 2.38. The lowest BCUT2D eigenvalue weighted by Crippen LogP contribution is -2.30. The standard InChI is InChI=1S/C19H19F2NO4/c1-11-8-12(2)10-14(9-11)18(24)25-13(3)17(23)22-15-6-4-5-7-16(15)26-19(20)21/h4-10,13,19H,1-3H3,(H,22,23). The van der Waals surface area contributed by atoms with Gasteiger partial charge in [0, 0.05) is 0 Å². The average Bonchev–Trinajstić information content (AvgIpc) is 2.55. The molecule has 0 radical (unpaired) electrons. The Kier molecular flexibility index (Phi) is 6.27. The summed E-state index contributed by atoms with van der Waals surface area (Å²) in [5.74, 6) is -1.48. The number of halogens is 2. The summed E-state index contributed by atoms with van der Waals surface area (Å²) in [5.41, 5.74) is 2.19. The van der Waals surface area contributed by atoms with Crippen LogP contribution in [-0.2, 0) is 9.53 Å². The Bertz CT molecular complexity index is 788. The van der Waals surface area contributed by atoms with Crippen LogP contribution in [0.1, 0.15) is 28.4 Å². The molecular weight excluding hydrogens is 344 g/mol. The molecule has 2 aromatic rings. The minimum atomic E-state index is -3.02. The van der Waals surface area contributed by atoms with Gasteiger partial charge in [0.15, 0.2) is 6.10 Å². The Hall–Kier alpha value is -2.96. The van der Waals surface area contributed by atoms with Crippen molar-refractivity contribution in [1.82, 2.24) is 0 Å². The maximum Gasteiger partial charge on any atom is 0.387 e. The molecule has 0 fully saturated rings. The van der Waals surface area contributed by atoms with E-state index in [2.05, 4.69) is 10.1 Å². The van der Waals surface area contributed by atoms with Crippen LogP contribution in [0, 0.1) is 13.8 Å². The van der Waals surface area contributed by atoms with E-state index in [0.29, 0.717) is 5.56 Å². The zero-order valence-electron chi connectivity index (χ0n) is 14.6. The zero-order valence-corrected chi connectivity index (χ0v) is 14.6. The monoisotopic (exact) mass is 363 g/mol. The number of nitrogens with one attached hydrogen (secondary N) is 1. The maximum atomic E-state index is 12.4. The Morgan fingerprint density at radius 3 is 2.27 bits per heavy atom. The first-order valence-corrected chi connectivity index (χ1v) is 7.90. The second-order valence-electron chi connectivity index (χ2n) is 5.79. The summed E-state index contributed by atoms with van der Waals surface area (Å²) in [6.45, 7) is 2.07. The molecule has 0 aliphatic heterocycles. The van der Waals surface area contributed by atoms with E-state index in [9.17, 15) is 18.4 Å². The molecule has 2 rings (SSSR count). The molecular formula is C19H19F2NO4. The quantitative estimate of drug-likeness (QED) is 0.785. The molecule has 0 saturated carbocycles. The van der Waals surface area contributed by atoms with E-state index in [-0.39, 0.29) is 11.4 Å². The van der Waals surface area contributed by atoms with Crippen LogP contribution in [0.15, 0.2) is 42.5 Å². The molecule has 0 aliphatic carbocycles. The lowest BCUT2D eigenvalue weighted by atomic mass is 10.1. The predicted octanol–water partition coefficient (Wildman–Crippen LogP) is 4.09. The van der Waals surface area contributed by atoms with Crippen molar-refractivity contribution in [2.24, 2.45) is 0 Å². The van der Waals surface area contributed by atoms with Gasteiger partial charge in [-0.05, 0) is 45.0 Å². The number of aryl methyl sites for hydroxylation is 2. The lowest BCUT2D eigenvalue weighted by molar-refractivity contribution is -0.123. The van der Waals surface area contributed by atoms with E-state index in [1.54, 1.807) is 18.2 Å². The SMILES string of the molecule is Cc1cc(C)cc(C(=O)OC(C)C(=O)Nc2ccccc2OC(F)F)c1. The van der Waals surface area contributed by atoms with Gasteiger partial charge >= 0.3 is 12.6 Å². The molecule has 0 aliphatic rings. The first-order valence-electron chi connectivity index (χ1n) is 7.90. The van der Waals surface area contributed by atoms with Crippen molar-refractivity contribution in [3.05, 3.63) is 59.2 Å². The van der Waals surface area contributed by atoms with Crippen LogP contribution >= 0.6 is 0 Å². The summed E-state index contributed by atoms with van der Waals surface area (Å²) < 4.78 is 34.3. The third-order valence-corrected chi connectivity index (χ3v) is 3.47. The number of ether oxygens (including phenoxy) is 2. The number of carbonyl (C=O) groups is 2. The minimum absolute atomic E-state index is 0.0621. The third-order valence-electron chi connectivity index (χ3n) is 3.47. The molecule has 0 spiro atoms. The Labute approximate surface area is 149 Å². The molecule has 0 heterocycles. The summed E-state index contributed by atoms with van der Waals surface area (Å²) in [6.07, 6.45) is -1.12. The molecule has 0 bridgehead atoms. The number of amides is 1. The van der Waals surface area contributed by atoms with Crippen LogP contribution in [0.25, 0.3) is 0 Å². The normalized spacial score (nSPS) is 11.8. The number of alkyl halides is 2. The molecule has 0 saturated heterocycles. The van der Waals surface area contributed by atoms with Gasteiger partial charge in [-0.25, -0.2) is 4.79 Å². The number of esters is 1. The zero-order chi connectivity index (χ0) is 19.3. The van der Waals surface area contributed by atoms with Crippen molar-refractivity contribution in [1.29, 1.82) is 0 Å². The smallest absolute Gasteiger partial charge is 0.387 e. The number of hydrogen-bond acceptors (Lipinski definition) is 4. The second kappa shape index (κ2) is 8.42. The van der Waals surface area contributed by atoms with Crippen LogP contribution in [0.5, 0.6) is 5.75 Å². The summed E-state index contributed by atoms with van der Waals surface area (Å²) >= 11 is 0. The second-order valence-corrected chi connectivity index (χ2v) is 5.79. The number of carbonyl (C=O) groups excluding carboxylic acids is 2. The van der Waals surface area contributed by atoms with Gasteiger partial charge in [-0.15, -0.1) is 0 Å². The van der Waals surface area contributed by atoms with E-state index in [1.807, 2.05) is 19.9 Å². The first-order chi connectivity index (χ1) is 12.3. The first kappa shape index (κ1) is 19.4. The van der Waals surface area contributed by atoms with Gasteiger partial charge in [0.05, 0.1) is 11.3 Å². The largest absolute Gasteiger partial charge is 0.449 e. The van der Waals surface area contributed by atoms with Crippen LogP contribution < -0.4 is 10.1 Å². The summed E-state index contributed by atoms with van der Waals surface area (Å²) in [7, 11) is 0. The maximum absolute atomic E-state index is 12.4. The van der Waals surface area contributed by atoms with Crippen molar-refractivity contribution in [2.75, 3.05) is 5.32 Å². The number of hydrogen-bond donors (Lipinski definition) is 1. The summed E-state index contributed by atoms with van der Waals surface area (Å²) in [6, 6.07) is 11.0. The van der Waals surface area contributed by atoms with Crippen molar-refractivity contribution < 1.29 is 27.8 Å². The van der Waals surface area contributed by atoms with Gasteiger partial charge in [-0.1, -0.05) is 29.3 Å². The highest BCUT2D eigenvalue weighted by Gasteiger charge is 2.21. The van der Waals surface area contributed by atoms with Gasteiger partial charge < -0.3 is 14.8 Å². The number of benzene rings is 2. The molecule has 1 amide bonds. The van der Waals surface area contributed by atoms with Crippen molar-refractivity contribution >= 4 is 17.6 Å². The molecule has 138 valence electrons. The molecule has 2 aromatic carbocycles. The number of anilines is 1. The highest BCUT2D eigenvalue weighted by molar-refractivity contribution is 5.98. The molecule has 0 aromatic heterocycles. The van der Waals surface area contributed by atoms with Crippen LogP contribution in [0.2, 0.25) is 0 Å². The van der Waals surface area contributed by atoms with E-state index in [4.69, 9.17) is 4.74 Å². The van der Waals surface area contributed by atoms with Crippen molar-refractivity contribution in [2.45, 2.75) is 33.5 Å².